The molecule has 0 atom stereocenters. The van der Waals surface area contributed by atoms with Crippen molar-refractivity contribution in [1.29, 1.82) is 0 Å². The van der Waals surface area contributed by atoms with Crippen molar-refractivity contribution in [1.82, 2.24) is 4.90 Å². The van der Waals surface area contributed by atoms with Crippen molar-refractivity contribution < 1.29 is 27.8 Å². The summed E-state index contributed by atoms with van der Waals surface area (Å²) in [4.78, 5) is 26.6. The molecule has 2 amide bonds. The minimum absolute atomic E-state index is 0.0716. The average molecular weight is 543 g/mol. The Balaban J connectivity index is 0.00000260. The van der Waals surface area contributed by atoms with Gasteiger partial charge in [-0.3, -0.25) is 4.79 Å². The van der Waals surface area contributed by atoms with Gasteiger partial charge in [-0.05, 0) is 75.9 Å². The Morgan fingerprint density at radius 2 is 1.77 bits per heavy atom. The van der Waals surface area contributed by atoms with Gasteiger partial charge in [0.15, 0.2) is 0 Å². The number of anilines is 1. The third-order valence-corrected chi connectivity index (χ3v) is 6.04. The predicted molar refractivity (Wildman–Crippen MR) is 153 cm³/mol. The van der Waals surface area contributed by atoms with Crippen LogP contribution in [0.3, 0.4) is 0 Å². The number of halogens is 2. The van der Waals surface area contributed by atoms with Crippen LogP contribution < -0.4 is 10.1 Å². The van der Waals surface area contributed by atoms with Gasteiger partial charge in [0, 0.05) is 36.0 Å². The van der Waals surface area contributed by atoms with E-state index in [1.165, 1.54) is 12.0 Å². The van der Waals surface area contributed by atoms with E-state index in [2.05, 4.69) is 5.32 Å². The minimum atomic E-state index is -0.838. The normalized spacial score (nSPS) is 13.6. The monoisotopic (exact) mass is 542 g/mol. The average Bonchev–Trinajstić information content (AvgIpc) is 2.91. The van der Waals surface area contributed by atoms with Crippen LogP contribution in [-0.2, 0) is 4.74 Å². The minimum Gasteiger partial charge on any atom is -0.496 e. The van der Waals surface area contributed by atoms with E-state index in [4.69, 9.17) is 9.47 Å². The highest BCUT2D eigenvalue weighted by atomic mass is 19.1. The van der Waals surface area contributed by atoms with E-state index in [9.17, 15) is 14.0 Å². The van der Waals surface area contributed by atoms with Crippen LogP contribution >= 0.6 is 0 Å². The van der Waals surface area contributed by atoms with Crippen molar-refractivity contribution in [3.8, 4) is 5.75 Å². The Bertz CT molecular complexity index is 1250. The van der Waals surface area contributed by atoms with E-state index in [0.717, 1.165) is 29.7 Å². The van der Waals surface area contributed by atoms with Gasteiger partial charge < -0.3 is 19.7 Å². The maximum Gasteiger partial charge on any atom is 0.410 e. The zero-order valence-electron chi connectivity index (χ0n) is 24.2. The zero-order valence-corrected chi connectivity index (χ0v) is 24.2. The van der Waals surface area contributed by atoms with Crippen molar-refractivity contribution in [2.45, 2.75) is 66.9 Å². The first-order valence-corrected chi connectivity index (χ1v) is 13.3. The molecule has 8 heteroatoms. The van der Waals surface area contributed by atoms with Crippen molar-refractivity contribution in [2.24, 2.45) is 0 Å². The van der Waals surface area contributed by atoms with Gasteiger partial charge in [-0.2, -0.15) is 0 Å². The fourth-order valence-electron chi connectivity index (χ4n) is 4.16. The van der Waals surface area contributed by atoms with Crippen LogP contribution in [0.4, 0.5) is 19.3 Å². The van der Waals surface area contributed by atoms with E-state index in [0.29, 0.717) is 30.0 Å². The van der Waals surface area contributed by atoms with Crippen LogP contribution in [0.25, 0.3) is 11.1 Å². The zero-order chi connectivity index (χ0) is 29.3. The molecule has 6 nitrogen and oxygen atoms in total. The summed E-state index contributed by atoms with van der Waals surface area (Å²) in [5.41, 5.74) is 2.01. The van der Waals surface area contributed by atoms with Gasteiger partial charge in [0.05, 0.1) is 12.7 Å². The van der Waals surface area contributed by atoms with E-state index < -0.39 is 34.8 Å². The molecule has 0 aromatic heterocycles. The van der Waals surface area contributed by atoms with Gasteiger partial charge in [0.25, 0.3) is 5.91 Å². The molecule has 2 aromatic carbocycles. The molecule has 0 fully saturated rings. The standard InChI is InChI=1S/C29H34F2N2O4.C2H6/c1-7-18(8-2)21-10-9-20(15-26(21)36-6)32-27(34)23-17-24(30)22(16-25(23)31)19-11-13-33(14-12-19)28(35)37-29(3,4)5;1-2/h7,9-11,15-17H,8,12-14H2,1-6H3,(H,32,34);1-2H3/b18-7+;. The molecule has 1 aliphatic heterocycles. The van der Waals surface area contributed by atoms with E-state index >= 15 is 4.39 Å². The van der Waals surface area contributed by atoms with Crippen LogP contribution in [0.5, 0.6) is 5.75 Å². The third-order valence-electron chi connectivity index (χ3n) is 6.04. The summed E-state index contributed by atoms with van der Waals surface area (Å²) in [6, 6.07) is 7.10. The van der Waals surface area contributed by atoms with E-state index in [1.54, 1.807) is 39.0 Å². The summed E-state index contributed by atoms with van der Waals surface area (Å²) < 4.78 is 40.8. The number of nitrogens with one attached hydrogen (secondary N) is 1. The van der Waals surface area contributed by atoms with Crippen LogP contribution in [0.15, 0.2) is 42.5 Å². The summed E-state index contributed by atoms with van der Waals surface area (Å²) >= 11 is 0. The Kier molecular flexibility index (Phi) is 11.3. The Labute approximate surface area is 230 Å². The maximum atomic E-state index is 15.0. The molecule has 39 heavy (non-hydrogen) atoms. The second-order valence-electron chi connectivity index (χ2n) is 9.75. The van der Waals surface area contributed by atoms with Crippen molar-refractivity contribution in [2.75, 3.05) is 25.5 Å². The number of carbonyl (C=O) groups excluding carboxylic acids is 2. The molecule has 0 unspecified atom stereocenters. The second-order valence-corrected chi connectivity index (χ2v) is 9.75. The number of benzene rings is 2. The number of hydrogen-bond acceptors (Lipinski definition) is 4. The van der Waals surface area contributed by atoms with Gasteiger partial charge in [-0.25, -0.2) is 13.6 Å². The largest absolute Gasteiger partial charge is 0.496 e. The fraction of sp³-hybridized carbons (Fsp3) is 0.419. The van der Waals surface area contributed by atoms with Gasteiger partial charge in [-0.1, -0.05) is 32.9 Å². The molecule has 0 saturated heterocycles. The first-order valence-electron chi connectivity index (χ1n) is 13.3. The van der Waals surface area contributed by atoms with E-state index in [1.807, 2.05) is 39.8 Å². The molecule has 1 N–H and O–H groups in total. The molecule has 212 valence electrons. The topological polar surface area (TPSA) is 67.9 Å². The molecule has 0 bridgehead atoms. The van der Waals surface area contributed by atoms with Crippen molar-refractivity contribution in [3.63, 3.8) is 0 Å². The maximum absolute atomic E-state index is 15.0. The SMILES string of the molecule is C/C=C(\CC)c1ccc(NC(=O)c2cc(F)c(C3=CCN(C(=O)OC(C)(C)C)CC3)cc2F)cc1OC.CC. The van der Waals surface area contributed by atoms with Crippen LogP contribution in [0.1, 0.15) is 82.8 Å². The van der Waals surface area contributed by atoms with Crippen molar-refractivity contribution >= 4 is 28.8 Å². The third kappa shape index (κ3) is 8.15. The van der Waals surface area contributed by atoms with Gasteiger partial charge in [0.2, 0.25) is 0 Å². The van der Waals surface area contributed by atoms with E-state index in [-0.39, 0.29) is 12.1 Å². The number of ether oxygens (including phenoxy) is 2. The Morgan fingerprint density at radius 3 is 2.31 bits per heavy atom. The highest BCUT2D eigenvalue weighted by Crippen LogP contribution is 2.32. The molecule has 2 aromatic rings. The summed E-state index contributed by atoms with van der Waals surface area (Å²) in [7, 11) is 1.54. The number of hydrogen-bond donors (Lipinski definition) is 1. The van der Waals surface area contributed by atoms with Crippen LogP contribution in [-0.4, -0.2) is 42.7 Å². The number of carbonyl (C=O) groups is 2. The molecule has 0 saturated carbocycles. The Morgan fingerprint density at radius 1 is 1.08 bits per heavy atom. The number of rotatable bonds is 6. The molecule has 1 aliphatic rings. The van der Waals surface area contributed by atoms with Crippen LogP contribution in [0.2, 0.25) is 0 Å². The summed E-state index contributed by atoms with van der Waals surface area (Å²) in [5, 5.41) is 2.62. The lowest BCUT2D eigenvalue weighted by atomic mass is 9.97. The van der Waals surface area contributed by atoms with Gasteiger partial charge in [0.1, 0.15) is 23.0 Å². The van der Waals surface area contributed by atoms with Crippen molar-refractivity contribution in [3.05, 3.63) is 70.8 Å². The quantitative estimate of drug-likeness (QED) is 0.401. The molecular weight excluding hydrogens is 502 g/mol. The fourth-order valence-corrected chi connectivity index (χ4v) is 4.16. The lowest BCUT2D eigenvalue weighted by molar-refractivity contribution is 0.0270. The molecule has 0 aliphatic carbocycles. The molecule has 0 radical (unpaired) electrons. The summed E-state index contributed by atoms with van der Waals surface area (Å²) in [5.74, 6) is -1.75. The lowest BCUT2D eigenvalue weighted by Crippen LogP contribution is -2.39. The highest BCUT2D eigenvalue weighted by molar-refractivity contribution is 6.05. The predicted octanol–water partition coefficient (Wildman–Crippen LogP) is 8.09. The van der Waals surface area contributed by atoms with Crippen LogP contribution in [0, 0.1) is 11.6 Å². The summed E-state index contributed by atoms with van der Waals surface area (Å²) in [6.07, 6.45) is 4.35. The number of methoxy groups -OCH3 is 1. The molecule has 3 rings (SSSR count). The molecule has 1 heterocycles. The smallest absolute Gasteiger partial charge is 0.410 e. The molecule has 0 spiro atoms. The summed E-state index contributed by atoms with van der Waals surface area (Å²) in [6.45, 7) is 13.9. The highest BCUT2D eigenvalue weighted by Gasteiger charge is 2.25. The second kappa shape index (κ2) is 13.9. The first-order chi connectivity index (χ1) is 18.5. The van der Waals surface area contributed by atoms with Gasteiger partial charge >= 0.3 is 6.09 Å². The number of amides is 2. The first kappa shape index (κ1) is 31.5. The Hall–Kier alpha value is -3.68. The number of nitrogens with zero attached hydrogens (tertiary/aromatic N) is 1. The number of allylic oxidation sites excluding steroid dienone is 2. The molecular formula is C31H40F2N2O4. The lowest BCUT2D eigenvalue weighted by Gasteiger charge is -2.29. The van der Waals surface area contributed by atoms with Gasteiger partial charge in [-0.15, -0.1) is 0 Å².